The summed E-state index contributed by atoms with van der Waals surface area (Å²) in [5.74, 6) is -0.615. The van der Waals surface area contributed by atoms with Gasteiger partial charge in [-0.1, -0.05) is 24.3 Å². The average molecular weight is 331 g/mol. The molecule has 4 rings (SSSR count). The first-order valence-corrected chi connectivity index (χ1v) is 7.66. The number of benzene rings is 3. The molecule has 5 nitrogen and oxygen atoms in total. The number of hydrogen-bond donors (Lipinski definition) is 2. The van der Waals surface area contributed by atoms with Crippen molar-refractivity contribution >= 4 is 17.5 Å². The molecule has 2 N–H and O–H groups in total. The van der Waals surface area contributed by atoms with E-state index >= 15 is 0 Å². The summed E-state index contributed by atoms with van der Waals surface area (Å²) in [5, 5.41) is 18.9. The molecule has 0 atom stereocenters. The lowest BCUT2D eigenvalue weighted by atomic mass is 9.96. The van der Waals surface area contributed by atoms with Crippen molar-refractivity contribution in [3.8, 4) is 22.6 Å². The number of hydrogen-bond acceptors (Lipinski definition) is 4. The first kappa shape index (κ1) is 15.0. The van der Waals surface area contributed by atoms with Crippen LogP contribution >= 0.6 is 0 Å². The Morgan fingerprint density at radius 3 is 1.84 bits per heavy atom. The van der Waals surface area contributed by atoms with Gasteiger partial charge in [0, 0.05) is 0 Å². The highest BCUT2D eigenvalue weighted by atomic mass is 16.3. The van der Waals surface area contributed by atoms with Gasteiger partial charge in [0.05, 0.1) is 16.8 Å². The average Bonchev–Trinajstić information content (AvgIpc) is 2.88. The number of nitrogens with zero attached hydrogens (tertiary/aromatic N) is 1. The van der Waals surface area contributed by atoms with E-state index in [1.807, 2.05) is 0 Å². The van der Waals surface area contributed by atoms with Gasteiger partial charge in [-0.25, -0.2) is 4.90 Å². The van der Waals surface area contributed by atoms with Gasteiger partial charge in [-0.2, -0.15) is 0 Å². The Labute approximate surface area is 143 Å². The summed E-state index contributed by atoms with van der Waals surface area (Å²) in [5.41, 5.74) is 2.45. The van der Waals surface area contributed by atoms with E-state index in [2.05, 4.69) is 0 Å². The fourth-order valence-electron chi connectivity index (χ4n) is 3.00. The number of carbonyl (C=O) groups excluding carboxylic acids is 2. The molecule has 3 aromatic carbocycles. The summed E-state index contributed by atoms with van der Waals surface area (Å²) < 4.78 is 0. The number of phenols is 2. The molecule has 0 bridgehead atoms. The summed E-state index contributed by atoms with van der Waals surface area (Å²) in [6, 6.07) is 17.5. The molecule has 0 radical (unpaired) electrons. The third-order valence-corrected chi connectivity index (χ3v) is 4.20. The second-order valence-corrected chi connectivity index (χ2v) is 5.74. The Bertz CT molecular complexity index is 991. The quantitative estimate of drug-likeness (QED) is 0.704. The minimum absolute atomic E-state index is 0.0603. The fourth-order valence-corrected chi connectivity index (χ4v) is 3.00. The molecule has 122 valence electrons. The van der Waals surface area contributed by atoms with Crippen LogP contribution in [0.2, 0.25) is 0 Å². The molecule has 1 aliphatic heterocycles. The second kappa shape index (κ2) is 5.49. The molecule has 0 saturated carbocycles. The lowest BCUT2D eigenvalue weighted by Crippen LogP contribution is -2.29. The standard InChI is InChI=1S/C20H13NO4/c22-14-8-4-12(5-9-14)16-2-1-3-17-18(16)20(25)21(19(17)24)13-6-10-15(23)11-7-13/h1-11,22-23H. The van der Waals surface area contributed by atoms with Gasteiger partial charge < -0.3 is 10.2 Å². The fraction of sp³-hybridized carbons (Fsp3) is 0. The van der Waals surface area contributed by atoms with E-state index in [1.165, 1.54) is 36.4 Å². The lowest BCUT2D eigenvalue weighted by Gasteiger charge is -2.14. The molecule has 0 unspecified atom stereocenters. The number of fused-ring (bicyclic) bond motifs is 1. The molecular formula is C20H13NO4. The number of carbonyl (C=O) groups is 2. The van der Waals surface area contributed by atoms with E-state index in [0.717, 1.165) is 10.5 Å². The largest absolute Gasteiger partial charge is 0.508 e. The van der Waals surface area contributed by atoms with Crippen molar-refractivity contribution in [2.24, 2.45) is 0 Å². The topological polar surface area (TPSA) is 77.8 Å². The monoisotopic (exact) mass is 331 g/mol. The van der Waals surface area contributed by atoms with Gasteiger partial charge in [-0.3, -0.25) is 9.59 Å². The zero-order chi connectivity index (χ0) is 17.6. The van der Waals surface area contributed by atoms with Crippen LogP contribution in [0.3, 0.4) is 0 Å². The minimum Gasteiger partial charge on any atom is -0.508 e. The third kappa shape index (κ3) is 2.33. The Kier molecular flexibility index (Phi) is 3.28. The smallest absolute Gasteiger partial charge is 0.266 e. The van der Waals surface area contributed by atoms with Crippen molar-refractivity contribution < 1.29 is 19.8 Å². The summed E-state index contributed by atoms with van der Waals surface area (Å²) in [4.78, 5) is 26.8. The highest BCUT2D eigenvalue weighted by Gasteiger charge is 2.38. The first-order valence-electron chi connectivity index (χ1n) is 7.66. The zero-order valence-electron chi connectivity index (χ0n) is 13.0. The summed E-state index contributed by atoms with van der Waals surface area (Å²) in [6.45, 7) is 0. The predicted octanol–water partition coefficient (Wildman–Crippen LogP) is 3.57. The van der Waals surface area contributed by atoms with Gasteiger partial charge in [0.15, 0.2) is 0 Å². The molecule has 0 aliphatic carbocycles. The summed E-state index contributed by atoms with van der Waals surface area (Å²) >= 11 is 0. The normalized spacial score (nSPS) is 13.2. The molecule has 5 heteroatoms. The molecule has 1 aliphatic rings. The molecule has 0 aromatic heterocycles. The Morgan fingerprint density at radius 1 is 0.640 bits per heavy atom. The van der Waals surface area contributed by atoms with Crippen LogP contribution in [0.25, 0.3) is 11.1 Å². The third-order valence-electron chi connectivity index (χ3n) is 4.20. The van der Waals surface area contributed by atoms with E-state index in [1.54, 1.807) is 30.3 Å². The predicted molar refractivity (Wildman–Crippen MR) is 92.8 cm³/mol. The van der Waals surface area contributed by atoms with Crippen LogP contribution in [-0.4, -0.2) is 22.0 Å². The maximum Gasteiger partial charge on any atom is 0.266 e. The van der Waals surface area contributed by atoms with Crippen molar-refractivity contribution in [3.63, 3.8) is 0 Å². The van der Waals surface area contributed by atoms with Crippen LogP contribution in [0.4, 0.5) is 5.69 Å². The van der Waals surface area contributed by atoms with E-state index in [4.69, 9.17) is 0 Å². The number of aromatic hydroxyl groups is 2. The molecule has 2 amide bonds. The van der Waals surface area contributed by atoms with Gasteiger partial charge >= 0.3 is 0 Å². The number of amides is 2. The SMILES string of the molecule is O=C1c2cccc(-c3ccc(O)cc3)c2C(=O)N1c1ccc(O)cc1. The molecule has 0 fully saturated rings. The number of phenolic OH excluding ortho intramolecular Hbond substituents is 2. The van der Waals surface area contributed by atoms with Gasteiger partial charge in [0.25, 0.3) is 11.8 Å². The van der Waals surface area contributed by atoms with Crippen molar-refractivity contribution in [2.45, 2.75) is 0 Å². The Hall–Kier alpha value is -3.60. The Morgan fingerprint density at radius 2 is 1.20 bits per heavy atom. The van der Waals surface area contributed by atoms with E-state index in [9.17, 15) is 19.8 Å². The van der Waals surface area contributed by atoms with Crippen LogP contribution in [0, 0.1) is 0 Å². The number of imide groups is 1. The lowest BCUT2D eigenvalue weighted by molar-refractivity contribution is 0.0926. The van der Waals surface area contributed by atoms with E-state index < -0.39 is 11.8 Å². The molecule has 3 aromatic rings. The number of rotatable bonds is 2. The number of anilines is 1. The van der Waals surface area contributed by atoms with E-state index in [0.29, 0.717) is 22.4 Å². The van der Waals surface area contributed by atoms with E-state index in [-0.39, 0.29) is 11.5 Å². The maximum atomic E-state index is 12.9. The van der Waals surface area contributed by atoms with Crippen LogP contribution in [-0.2, 0) is 0 Å². The van der Waals surface area contributed by atoms with Crippen LogP contribution in [0.1, 0.15) is 20.7 Å². The summed E-state index contributed by atoms with van der Waals surface area (Å²) in [7, 11) is 0. The van der Waals surface area contributed by atoms with Gasteiger partial charge in [0.2, 0.25) is 0 Å². The highest BCUT2D eigenvalue weighted by molar-refractivity contribution is 6.36. The molecule has 0 saturated heterocycles. The molecule has 1 heterocycles. The Balaban J connectivity index is 1.85. The second-order valence-electron chi connectivity index (χ2n) is 5.74. The minimum atomic E-state index is -0.408. The van der Waals surface area contributed by atoms with Crippen molar-refractivity contribution in [3.05, 3.63) is 77.9 Å². The van der Waals surface area contributed by atoms with Gasteiger partial charge in [0.1, 0.15) is 11.5 Å². The first-order chi connectivity index (χ1) is 12.1. The van der Waals surface area contributed by atoms with Crippen molar-refractivity contribution in [2.75, 3.05) is 4.90 Å². The van der Waals surface area contributed by atoms with Crippen LogP contribution in [0.5, 0.6) is 11.5 Å². The van der Waals surface area contributed by atoms with Crippen LogP contribution in [0.15, 0.2) is 66.7 Å². The van der Waals surface area contributed by atoms with Crippen LogP contribution < -0.4 is 4.90 Å². The van der Waals surface area contributed by atoms with Gasteiger partial charge in [-0.05, 0) is 53.6 Å². The molecule has 25 heavy (non-hydrogen) atoms. The maximum absolute atomic E-state index is 12.9. The highest BCUT2D eigenvalue weighted by Crippen LogP contribution is 2.35. The van der Waals surface area contributed by atoms with Gasteiger partial charge in [-0.15, -0.1) is 0 Å². The summed E-state index contributed by atoms with van der Waals surface area (Å²) in [6.07, 6.45) is 0. The molecule has 0 spiro atoms. The molecular weight excluding hydrogens is 318 g/mol. The van der Waals surface area contributed by atoms with Crippen molar-refractivity contribution in [1.82, 2.24) is 0 Å². The zero-order valence-corrected chi connectivity index (χ0v) is 13.0. The van der Waals surface area contributed by atoms with Crippen molar-refractivity contribution in [1.29, 1.82) is 0 Å².